The number of nitrogens with zero attached hydrogens (tertiary/aromatic N) is 1. The molecule has 0 saturated carbocycles. The quantitative estimate of drug-likeness (QED) is 0.482. The molecule has 2 atom stereocenters. The normalized spacial score (nSPS) is 11.5. The highest BCUT2D eigenvalue weighted by molar-refractivity contribution is 5.72. The van der Waals surface area contributed by atoms with Gasteiger partial charge in [0, 0.05) is 6.92 Å². The van der Waals surface area contributed by atoms with Gasteiger partial charge in [0.05, 0.1) is 6.07 Å². The smallest absolute Gasteiger partial charge is 0.320 e. The number of nitrogens with two attached hydrogens (primary N) is 2. The van der Waals surface area contributed by atoms with E-state index in [1.54, 1.807) is 6.07 Å². The number of aliphatic carboxylic acids is 2. The van der Waals surface area contributed by atoms with Gasteiger partial charge >= 0.3 is 11.9 Å². The van der Waals surface area contributed by atoms with Crippen LogP contribution in [-0.4, -0.2) is 34.2 Å². The summed E-state index contributed by atoms with van der Waals surface area (Å²) >= 11 is 0. The predicted octanol–water partition coefficient (Wildman–Crippen LogP) is -0.634. The Balaban J connectivity index is -0.000000153. The Kier molecular flexibility index (Phi) is 15.6. The van der Waals surface area contributed by atoms with E-state index >= 15 is 0 Å². The largest absolute Gasteiger partial charge is 0.480 e. The molecule has 0 saturated heterocycles. The minimum atomic E-state index is -0.963. The molecule has 0 radical (unpaired) electrons. The van der Waals surface area contributed by atoms with Crippen LogP contribution < -0.4 is 11.5 Å². The van der Waals surface area contributed by atoms with Crippen LogP contribution in [0.3, 0.4) is 0 Å². The molecule has 7 heteroatoms. The van der Waals surface area contributed by atoms with Crippen molar-refractivity contribution in [2.24, 2.45) is 11.5 Å². The number of nitriles is 1. The second kappa shape index (κ2) is 12.3. The molecule has 0 aromatic carbocycles. The van der Waals surface area contributed by atoms with Gasteiger partial charge in [-0.2, -0.15) is 5.26 Å². The number of carboxylic acid groups (broad SMARTS) is 2. The summed E-state index contributed by atoms with van der Waals surface area (Å²) in [6.07, 6.45) is 0. The van der Waals surface area contributed by atoms with E-state index in [1.807, 2.05) is 0 Å². The van der Waals surface area contributed by atoms with E-state index in [0.717, 1.165) is 0 Å². The molecule has 0 aliphatic carbocycles. The van der Waals surface area contributed by atoms with Crippen molar-refractivity contribution in [3.8, 4) is 6.07 Å². The Hall–Kier alpha value is -1.65. The summed E-state index contributed by atoms with van der Waals surface area (Å²) < 4.78 is 0. The standard InChI is InChI=1S/2C3H7NO2.C2H3N/c2*1-2(4)3(5)6;1-2-3/h2*2H,4H2,1H3,(H,5,6);1H3/t2*2-;/m00./s1. The van der Waals surface area contributed by atoms with Crippen LogP contribution in [0.5, 0.6) is 0 Å². The predicted molar refractivity (Wildman–Crippen MR) is 53.9 cm³/mol. The van der Waals surface area contributed by atoms with Crippen molar-refractivity contribution in [1.29, 1.82) is 5.26 Å². The molecule has 0 aromatic heterocycles. The van der Waals surface area contributed by atoms with Crippen molar-refractivity contribution < 1.29 is 19.8 Å². The van der Waals surface area contributed by atoms with E-state index in [4.69, 9.17) is 26.9 Å². The Morgan fingerprint density at radius 2 is 1.20 bits per heavy atom. The lowest BCUT2D eigenvalue weighted by molar-refractivity contribution is -0.139. The third-order valence-corrected chi connectivity index (χ3v) is 0.779. The Bertz CT molecular complexity index is 202. The Morgan fingerprint density at radius 1 is 1.13 bits per heavy atom. The first-order chi connectivity index (χ1) is 6.70. The molecule has 0 aliphatic heterocycles. The number of hydrogen-bond acceptors (Lipinski definition) is 5. The van der Waals surface area contributed by atoms with Gasteiger partial charge in [0.1, 0.15) is 12.1 Å². The lowest BCUT2D eigenvalue weighted by atomic mass is 10.4. The third-order valence-electron chi connectivity index (χ3n) is 0.779. The lowest BCUT2D eigenvalue weighted by Gasteiger charge is -1.90. The Labute approximate surface area is 88.3 Å². The van der Waals surface area contributed by atoms with Gasteiger partial charge in [-0.15, -0.1) is 0 Å². The summed E-state index contributed by atoms with van der Waals surface area (Å²) in [4.78, 5) is 19.1. The fourth-order valence-electron chi connectivity index (χ4n) is 0. The van der Waals surface area contributed by atoms with Crippen molar-refractivity contribution in [2.45, 2.75) is 32.9 Å². The van der Waals surface area contributed by atoms with Crippen LogP contribution in [0, 0.1) is 11.3 Å². The van der Waals surface area contributed by atoms with Crippen LogP contribution >= 0.6 is 0 Å². The second-order valence-electron chi connectivity index (χ2n) is 2.48. The molecular formula is C8H17N3O4. The van der Waals surface area contributed by atoms with Crippen molar-refractivity contribution in [3.63, 3.8) is 0 Å². The lowest BCUT2D eigenvalue weighted by Crippen LogP contribution is -2.25. The van der Waals surface area contributed by atoms with Gasteiger partial charge in [0.2, 0.25) is 0 Å². The van der Waals surface area contributed by atoms with Gasteiger partial charge in [-0.1, -0.05) is 0 Å². The monoisotopic (exact) mass is 219 g/mol. The number of carboxylic acids is 2. The molecule has 0 rings (SSSR count). The van der Waals surface area contributed by atoms with Crippen molar-refractivity contribution in [1.82, 2.24) is 0 Å². The minimum Gasteiger partial charge on any atom is -0.480 e. The van der Waals surface area contributed by atoms with E-state index < -0.39 is 24.0 Å². The van der Waals surface area contributed by atoms with Crippen molar-refractivity contribution in [2.75, 3.05) is 0 Å². The molecule has 0 aromatic rings. The summed E-state index contributed by atoms with van der Waals surface area (Å²) in [5.74, 6) is -1.93. The molecular weight excluding hydrogens is 202 g/mol. The highest BCUT2D eigenvalue weighted by atomic mass is 16.4. The topological polar surface area (TPSA) is 150 Å². The zero-order valence-corrected chi connectivity index (χ0v) is 8.97. The maximum absolute atomic E-state index is 9.57. The summed E-state index contributed by atoms with van der Waals surface area (Å²) in [6.45, 7) is 4.27. The highest BCUT2D eigenvalue weighted by Gasteiger charge is 2.00. The van der Waals surface area contributed by atoms with E-state index in [-0.39, 0.29) is 0 Å². The fourth-order valence-corrected chi connectivity index (χ4v) is 0. The maximum Gasteiger partial charge on any atom is 0.320 e. The fraction of sp³-hybridized carbons (Fsp3) is 0.625. The second-order valence-corrected chi connectivity index (χ2v) is 2.48. The molecule has 0 amide bonds. The van der Waals surface area contributed by atoms with Gasteiger partial charge in [0.25, 0.3) is 0 Å². The highest BCUT2D eigenvalue weighted by Crippen LogP contribution is 1.68. The van der Waals surface area contributed by atoms with Crippen LogP contribution in [0.1, 0.15) is 20.8 Å². The zero-order valence-electron chi connectivity index (χ0n) is 8.97. The van der Waals surface area contributed by atoms with Crippen LogP contribution in [0.15, 0.2) is 0 Å². The minimum absolute atomic E-state index is 0.731. The summed E-state index contributed by atoms with van der Waals surface area (Å²) in [5.41, 5.74) is 9.67. The number of hydrogen-bond donors (Lipinski definition) is 4. The van der Waals surface area contributed by atoms with E-state index in [1.165, 1.54) is 20.8 Å². The van der Waals surface area contributed by atoms with Gasteiger partial charge in [0.15, 0.2) is 0 Å². The molecule has 0 heterocycles. The maximum atomic E-state index is 9.57. The first-order valence-electron chi connectivity index (χ1n) is 3.98. The molecule has 88 valence electrons. The first-order valence-corrected chi connectivity index (χ1v) is 3.98. The molecule has 6 N–H and O–H groups in total. The van der Waals surface area contributed by atoms with Crippen LogP contribution in [0.4, 0.5) is 0 Å². The summed E-state index contributed by atoms with van der Waals surface area (Å²) in [7, 11) is 0. The molecule has 0 bridgehead atoms. The Morgan fingerprint density at radius 3 is 1.20 bits per heavy atom. The van der Waals surface area contributed by atoms with Gasteiger partial charge in [-0.25, -0.2) is 0 Å². The molecule has 15 heavy (non-hydrogen) atoms. The van der Waals surface area contributed by atoms with E-state index in [0.29, 0.717) is 0 Å². The molecule has 0 spiro atoms. The molecule has 0 unspecified atom stereocenters. The summed E-state index contributed by atoms with van der Waals surface area (Å²) in [5, 5.41) is 23.1. The van der Waals surface area contributed by atoms with Gasteiger partial charge in [-0.3, -0.25) is 9.59 Å². The van der Waals surface area contributed by atoms with Crippen LogP contribution in [0.2, 0.25) is 0 Å². The number of rotatable bonds is 2. The molecule has 0 fully saturated rings. The van der Waals surface area contributed by atoms with Crippen LogP contribution in [-0.2, 0) is 9.59 Å². The van der Waals surface area contributed by atoms with Crippen molar-refractivity contribution in [3.05, 3.63) is 0 Å². The average Bonchev–Trinajstić information content (AvgIpc) is 2.06. The van der Waals surface area contributed by atoms with E-state index in [9.17, 15) is 9.59 Å². The molecule has 7 nitrogen and oxygen atoms in total. The molecule has 0 aliphatic rings. The average molecular weight is 219 g/mol. The summed E-state index contributed by atoms with van der Waals surface area (Å²) in [6, 6.07) is 0.287. The van der Waals surface area contributed by atoms with Crippen LogP contribution in [0.25, 0.3) is 0 Å². The van der Waals surface area contributed by atoms with Gasteiger partial charge < -0.3 is 21.7 Å². The first kappa shape index (κ1) is 19.0. The zero-order chi connectivity index (χ0) is 13.0. The van der Waals surface area contributed by atoms with E-state index in [2.05, 4.69) is 0 Å². The third kappa shape index (κ3) is 32.8. The SMILES string of the molecule is CC#N.C[C@H](N)C(=O)O.C[C@H](N)C(=O)O. The van der Waals surface area contributed by atoms with Gasteiger partial charge in [-0.05, 0) is 13.8 Å². The van der Waals surface area contributed by atoms with Crippen molar-refractivity contribution >= 4 is 11.9 Å². The number of carbonyl (C=O) groups is 2.